The van der Waals surface area contributed by atoms with Gasteiger partial charge in [-0.15, -0.1) is 0 Å². The topological polar surface area (TPSA) is 155 Å². The van der Waals surface area contributed by atoms with Crippen LogP contribution in [0.4, 0.5) is 10.5 Å². The molecule has 2 aromatic carbocycles. The van der Waals surface area contributed by atoms with E-state index in [4.69, 9.17) is 20.6 Å². The number of carboxylic acids is 1. The molecule has 0 saturated carbocycles. The molecule has 2 aromatic rings. The highest BCUT2D eigenvalue weighted by Gasteiger charge is 2.32. The quantitative estimate of drug-likeness (QED) is 0.291. The van der Waals surface area contributed by atoms with Crippen LogP contribution in [-0.2, 0) is 20.7 Å². The van der Waals surface area contributed by atoms with Gasteiger partial charge in [-0.1, -0.05) is 19.1 Å². The smallest absolute Gasteiger partial charge is 0.414 e. The van der Waals surface area contributed by atoms with Gasteiger partial charge < -0.3 is 25.6 Å². The number of amides is 2. The van der Waals surface area contributed by atoms with Crippen molar-refractivity contribution < 1.29 is 29.0 Å². The first-order chi connectivity index (χ1) is 16.3. The van der Waals surface area contributed by atoms with E-state index in [1.807, 2.05) is 6.92 Å². The highest BCUT2D eigenvalue weighted by molar-refractivity contribution is 5.96. The lowest BCUT2D eigenvalue weighted by atomic mass is 10.1. The van der Waals surface area contributed by atoms with E-state index < -0.39 is 24.2 Å². The number of aliphatic carboxylic acids is 1. The number of nitrogen functional groups attached to an aromatic ring is 1. The molecular weight excluding hydrogens is 440 g/mol. The third kappa shape index (κ3) is 6.47. The fraction of sp³-hybridized carbons (Fsp3) is 0.333. The minimum atomic E-state index is -1.09. The first kappa shape index (κ1) is 24.6. The molecule has 0 radical (unpaired) electrons. The molecule has 1 aliphatic heterocycles. The van der Waals surface area contributed by atoms with Crippen molar-refractivity contribution in [3.63, 3.8) is 0 Å². The Kier molecular flexibility index (Phi) is 8.07. The fourth-order valence-electron chi connectivity index (χ4n) is 3.48. The van der Waals surface area contributed by atoms with Gasteiger partial charge in [0.15, 0.2) is 6.10 Å². The monoisotopic (exact) mass is 468 g/mol. The summed E-state index contributed by atoms with van der Waals surface area (Å²) in [4.78, 5) is 36.9. The molecule has 0 bridgehead atoms. The summed E-state index contributed by atoms with van der Waals surface area (Å²) in [5, 5.41) is 19.4. The lowest BCUT2D eigenvalue weighted by molar-refractivity contribution is -0.141. The van der Waals surface area contributed by atoms with Gasteiger partial charge in [-0.05, 0) is 48.4 Å². The SMILES string of the molecule is CCCC(=O)NC(Cc1ccc(OCC2CN(c3ccc(C(=N)N)cc3)C(=O)O2)cc1)C(=O)O. The number of nitrogens with zero attached hydrogens (tertiary/aromatic N) is 1. The van der Waals surface area contributed by atoms with Crippen molar-refractivity contribution in [1.82, 2.24) is 5.32 Å². The number of hydrogen-bond donors (Lipinski definition) is 4. The maximum absolute atomic E-state index is 12.2. The number of ether oxygens (including phenoxy) is 2. The van der Waals surface area contributed by atoms with Crippen molar-refractivity contribution in [2.75, 3.05) is 18.1 Å². The Labute approximate surface area is 197 Å². The van der Waals surface area contributed by atoms with Crippen LogP contribution in [-0.4, -0.2) is 54.2 Å². The van der Waals surface area contributed by atoms with E-state index in [1.165, 1.54) is 4.90 Å². The molecule has 1 fully saturated rings. The first-order valence-corrected chi connectivity index (χ1v) is 10.9. The maximum atomic E-state index is 12.2. The van der Waals surface area contributed by atoms with Gasteiger partial charge in [0, 0.05) is 24.1 Å². The van der Waals surface area contributed by atoms with Crippen LogP contribution in [0.25, 0.3) is 0 Å². The molecule has 1 saturated heterocycles. The van der Waals surface area contributed by atoms with Gasteiger partial charge in [0.05, 0.1) is 6.54 Å². The van der Waals surface area contributed by atoms with Crippen LogP contribution in [0.1, 0.15) is 30.9 Å². The van der Waals surface area contributed by atoms with Gasteiger partial charge in [0.2, 0.25) is 5.91 Å². The van der Waals surface area contributed by atoms with Crippen molar-refractivity contribution in [2.45, 2.75) is 38.3 Å². The number of cyclic esters (lactones) is 1. The van der Waals surface area contributed by atoms with Crippen molar-refractivity contribution >= 4 is 29.5 Å². The second kappa shape index (κ2) is 11.2. The van der Waals surface area contributed by atoms with Gasteiger partial charge >= 0.3 is 12.1 Å². The molecule has 0 spiro atoms. The van der Waals surface area contributed by atoms with Crippen molar-refractivity contribution in [3.8, 4) is 5.75 Å². The number of rotatable bonds is 11. The normalized spacial score (nSPS) is 16.0. The number of nitrogens with two attached hydrogens (primary N) is 1. The predicted molar refractivity (Wildman–Crippen MR) is 125 cm³/mol. The molecule has 180 valence electrons. The maximum Gasteiger partial charge on any atom is 0.414 e. The Morgan fingerprint density at radius 3 is 2.50 bits per heavy atom. The lowest BCUT2D eigenvalue weighted by Gasteiger charge is -2.15. The number of carbonyl (C=O) groups excluding carboxylic acids is 2. The summed E-state index contributed by atoms with van der Waals surface area (Å²) in [6, 6.07) is 12.6. The van der Waals surface area contributed by atoms with Gasteiger partial charge in [-0.25, -0.2) is 9.59 Å². The van der Waals surface area contributed by atoms with Crippen LogP contribution in [0.5, 0.6) is 5.75 Å². The summed E-state index contributed by atoms with van der Waals surface area (Å²) in [6.07, 6.45) is 0.130. The van der Waals surface area contributed by atoms with Gasteiger partial charge in [0.25, 0.3) is 0 Å². The molecule has 2 amide bonds. The van der Waals surface area contributed by atoms with E-state index in [9.17, 15) is 19.5 Å². The van der Waals surface area contributed by atoms with Crippen LogP contribution < -0.4 is 20.7 Å². The lowest BCUT2D eigenvalue weighted by Crippen LogP contribution is -2.42. The molecule has 0 aliphatic carbocycles. The second-order valence-corrected chi connectivity index (χ2v) is 7.94. The third-order valence-electron chi connectivity index (χ3n) is 5.27. The van der Waals surface area contributed by atoms with Crippen LogP contribution in [0, 0.1) is 5.41 Å². The molecule has 34 heavy (non-hydrogen) atoms. The molecular formula is C24H28N4O6. The average Bonchev–Trinajstić information content (AvgIpc) is 3.18. The molecule has 0 aromatic heterocycles. The van der Waals surface area contributed by atoms with Crippen molar-refractivity contribution in [3.05, 3.63) is 59.7 Å². The minimum absolute atomic E-state index is 0.0485. The van der Waals surface area contributed by atoms with E-state index >= 15 is 0 Å². The number of benzene rings is 2. The number of carboxylic acid groups (broad SMARTS) is 1. The Balaban J connectivity index is 1.52. The van der Waals surface area contributed by atoms with Crippen LogP contribution >= 0.6 is 0 Å². The molecule has 2 atom stereocenters. The van der Waals surface area contributed by atoms with Crippen LogP contribution in [0.2, 0.25) is 0 Å². The summed E-state index contributed by atoms with van der Waals surface area (Å²) in [5.41, 5.74) is 7.40. The zero-order valence-corrected chi connectivity index (χ0v) is 18.8. The fourth-order valence-corrected chi connectivity index (χ4v) is 3.48. The molecule has 10 nitrogen and oxygen atoms in total. The van der Waals surface area contributed by atoms with E-state index in [2.05, 4.69) is 5.32 Å². The van der Waals surface area contributed by atoms with Gasteiger partial charge in [-0.3, -0.25) is 15.1 Å². The summed E-state index contributed by atoms with van der Waals surface area (Å²) >= 11 is 0. The van der Waals surface area contributed by atoms with Crippen molar-refractivity contribution in [1.29, 1.82) is 5.41 Å². The molecule has 1 aliphatic rings. The highest BCUT2D eigenvalue weighted by atomic mass is 16.6. The number of carbonyl (C=O) groups is 3. The predicted octanol–water partition coefficient (Wildman–Crippen LogP) is 2.29. The van der Waals surface area contributed by atoms with E-state index in [0.29, 0.717) is 30.0 Å². The Morgan fingerprint density at radius 2 is 1.91 bits per heavy atom. The number of nitrogens with one attached hydrogen (secondary N) is 2. The zero-order valence-electron chi connectivity index (χ0n) is 18.8. The standard InChI is InChI=1S/C24H28N4O6/c1-2-3-21(29)27-20(23(30)31)12-15-4-10-18(11-5-15)33-14-19-13-28(24(32)34-19)17-8-6-16(7-9-17)22(25)26/h4-11,19-20H,2-3,12-14H2,1H3,(H3,25,26)(H,27,29)(H,30,31). The number of amidine groups is 1. The van der Waals surface area contributed by atoms with Crippen LogP contribution in [0.15, 0.2) is 48.5 Å². The molecule has 10 heteroatoms. The largest absolute Gasteiger partial charge is 0.490 e. The average molecular weight is 469 g/mol. The highest BCUT2D eigenvalue weighted by Crippen LogP contribution is 2.23. The van der Waals surface area contributed by atoms with Gasteiger partial charge in [0.1, 0.15) is 24.2 Å². The summed E-state index contributed by atoms with van der Waals surface area (Å²) < 4.78 is 11.1. The zero-order chi connectivity index (χ0) is 24.7. The third-order valence-corrected chi connectivity index (χ3v) is 5.27. The summed E-state index contributed by atoms with van der Waals surface area (Å²) in [5.74, 6) is -0.878. The first-order valence-electron chi connectivity index (χ1n) is 10.9. The molecule has 1 heterocycles. The Hall–Kier alpha value is -4.08. The number of anilines is 1. The number of hydrogen-bond acceptors (Lipinski definition) is 6. The Bertz CT molecular complexity index is 1040. The van der Waals surface area contributed by atoms with E-state index in [1.54, 1.807) is 48.5 Å². The summed E-state index contributed by atoms with van der Waals surface area (Å²) in [6.45, 7) is 2.32. The second-order valence-electron chi connectivity index (χ2n) is 7.94. The van der Waals surface area contributed by atoms with Crippen LogP contribution in [0.3, 0.4) is 0 Å². The van der Waals surface area contributed by atoms with Crippen molar-refractivity contribution in [2.24, 2.45) is 5.73 Å². The Morgan fingerprint density at radius 1 is 1.24 bits per heavy atom. The van der Waals surface area contributed by atoms with Gasteiger partial charge in [-0.2, -0.15) is 0 Å². The van der Waals surface area contributed by atoms with E-state index in [-0.39, 0.29) is 31.2 Å². The molecule has 3 rings (SSSR count). The summed E-state index contributed by atoms with van der Waals surface area (Å²) in [7, 11) is 0. The minimum Gasteiger partial charge on any atom is -0.490 e. The van der Waals surface area contributed by atoms with E-state index in [0.717, 1.165) is 5.56 Å². The molecule has 5 N–H and O–H groups in total. The molecule has 2 unspecified atom stereocenters.